The highest BCUT2D eigenvalue weighted by molar-refractivity contribution is 5.77. The number of benzene rings is 2. The molecule has 3 aromatic rings. The van der Waals surface area contributed by atoms with E-state index in [4.69, 9.17) is 14.9 Å². The Morgan fingerprint density at radius 3 is 2.76 bits per heavy atom. The second-order valence-corrected chi connectivity index (χ2v) is 5.11. The summed E-state index contributed by atoms with van der Waals surface area (Å²) < 4.78 is 11.5. The van der Waals surface area contributed by atoms with E-state index in [0.717, 1.165) is 28.9 Å². The van der Waals surface area contributed by atoms with Crippen LogP contribution < -0.4 is 10.5 Å². The Morgan fingerprint density at radius 2 is 1.95 bits per heavy atom. The van der Waals surface area contributed by atoms with Gasteiger partial charge in [-0.3, -0.25) is 0 Å². The Kier molecular flexibility index (Phi) is 3.93. The first-order valence-corrected chi connectivity index (χ1v) is 7.22. The normalized spacial score (nSPS) is 12.5. The van der Waals surface area contributed by atoms with Crippen LogP contribution in [0.3, 0.4) is 0 Å². The van der Waals surface area contributed by atoms with Crippen molar-refractivity contribution in [3.05, 3.63) is 65.9 Å². The summed E-state index contributed by atoms with van der Waals surface area (Å²) >= 11 is 0. The number of aryl methyl sites for hydroxylation is 1. The third-order valence-corrected chi connectivity index (χ3v) is 3.55. The average molecular weight is 281 g/mol. The number of fused-ring (bicyclic) bond motifs is 1. The van der Waals surface area contributed by atoms with Gasteiger partial charge in [-0.25, -0.2) is 0 Å². The zero-order valence-electron chi connectivity index (χ0n) is 12.1. The summed E-state index contributed by atoms with van der Waals surface area (Å²) in [5.41, 5.74) is 8.27. The molecule has 1 heterocycles. The highest BCUT2D eigenvalue weighted by Crippen LogP contribution is 2.23. The van der Waals surface area contributed by atoms with Crippen LogP contribution in [-0.4, -0.2) is 6.61 Å². The summed E-state index contributed by atoms with van der Waals surface area (Å²) in [6, 6.07) is 17.7. The standard InChI is InChI=1S/C18H19NO2/c1-2-13-6-5-8-15(10-13)20-12-16(19)18-11-14-7-3-4-9-17(14)21-18/h3-11,16H,2,12,19H2,1H3. The number of rotatable bonds is 5. The first kappa shape index (κ1) is 13.7. The third kappa shape index (κ3) is 3.09. The summed E-state index contributed by atoms with van der Waals surface area (Å²) in [6.45, 7) is 2.52. The molecular formula is C18H19NO2. The SMILES string of the molecule is CCc1cccc(OCC(N)c2cc3ccccc3o2)c1. The van der Waals surface area contributed by atoms with Gasteiger partial charge >= 0.3 is 0 Å². The van der Waals surface area contributed by atoms with Crippen LogP contribution in [0, 0.1) is 0 Å². The fraction of sp³-hybridized carbons (Fsp3) is 0.222. The lowest BCUT2D eigenvalue weighted by Crippen LogP contribution is -2.18. The number of hydrogen-bond donors (Lipinski definition) is 1. The Hall–Kier alpha value is -2.26. The molecule has 1 aromatic heterocycles. The summed E-state index contributed by atoms with van der Waals surface area (Å²) in [4.78, 5) is 0. The fourth-order valence-corrected chi connectivity index (χ4v) is 2.31. The van der Waals surface area contributed by atoms with Crippen LogP contribution >= 0.6 is 0 Å². The minimum Gasteiger partial charge on any atom is -0.491 e. The van der Waals surface area contributed by atoms with Crippen molar-refractivity contribution in [2.75, 3.05) is 6.61 Å². The maximum Gasteiger partial charge on any atom is 0.134 e. The molecule has 108 valence electrons. The molecule has 0 bridgehead atoms. The van der Waals surface area contributed by atoms with Gasteiger partial charge in [0.1, 0.15) is 23.7 Å². The lowest BCUT2D eigenvalue weighted by molar-refractivity contribution is 0.275. The van der Waals surface area contributed by atoms with Crippen molar-refractivity contribution in [1.29, 1.82) is 0 Å². The van der Waals surface area contributed by atoms with E-state index in [0.29, 0.717) is 6.61 Å². The average Bonchev–Trinajstić information content (AvgIpc) is 2.97. The molecule has 21 heavy (non-hydrogen) atoms. The van der Waals surface area contributed by atoms with E-state index >= 15 is 0 Å². The maximum atomic E-state index is 6.16. The van der Waals surface area contributed by atoms with Crippen molar-refractivity contribution in [3.8, 4) is 5.75 Å². The predicted molar refractivity (Wildman–Crippen MR) is 84.5 cm³/mol. The minimum absolute atomic E-state index is 0.275. The van der Waals surface area contributed by atoms with Crippen LogP contribution in [0.5, 0.6) is 5.75 Å². The van der Waals surface area contributed by atoms with Crippen molar-refractivity contribution in [2.24, 2.45) is 5.73 Å². The summed E-state index contributed by atoms with van der Waals surface area (Å²) in [5, 5.41) is 1.07. The molecule has 0 saturated carbocycles. The smallest absolute Gasteiger partial charge is 0.134 e. The highest BCUT2D eigenvalue weighted by Gasteiger charge is 2.12. The lowest BCUT2D eigenvalue weighted by atomic mass is 10.1. The molecule has 2 aromatic carbocycles. The van der Waals surface area contributed by atoms with Gasteiger partial charge in [0, 0.05) is 5.39 Å². The van der Waals surface area contributed by atoms with Crippen molar-refractivity contribution < 1.29 is 9.15 Å². The van der Waals surface area contributed by atoms with Crippen molar-refractivity contribution in [2.45, 2.75) is 19.4 Å². The second-order valence-electron chi connectivity index (χ2n) is 5.11. The summed E-state index contributed by atoms with van der Waals surface area (Å²) in [6.07, 6.45) is 0.993. The first-order chi connectivity index (χ1) is 10.3. The van der Waals surface area contributed by atoms with Gasteiger partial charge in [-0.15, -0.1) is 0 Å². The second kappa shape index (κ2) is 6.02. The molecule has 0 fully saturated rings. The van der Waals surface area contributed by atoms with Gasteiger partial charge in [-0.2, -0.15) is 0 Å². The molecule has 1 atom stereocenters. The summed E-state index contributed by atoms with van der Waals surface area (Å²) in [5.74, 6) is 1.60. The summed E-state index contributed by atoms with van der Waals surface area (Å²) in [7, 11) is 0. The van der Waals surface area contributed by atoms with Crippen LogP contribution in [0.1, 0.15) is 24.3 Å². The van der Waals surface area contributed by atoms with Crippen LogP contribution in [0.25, 0.3) is 11.0 Å². The Labute approximate surface area is 124 Å². The van der Waals surface area contributed by atoms with Gasteiger partial charge < -0.3 is 14.9 Å². The Balaban J connectivity index is 1.69. The number of nitrogens with two attached hydrogens (primary N) is 1. The van der Waals surface area contributed by atoms with Crippen molar-refractivity contribution in [1.82, 2.24) is 0 Å². The van der Waals surface area contributed by atoms with Gasteiger partial charge in [0.15, 0.2) is 0 Å². The number of para-hydroxylation sites is 1. The molecule has 1 unspecified atom stereocenters. The highest BCUT2D eigenvalue weighted by atomic mass is 16.5. The first-order valence-electron chi connectivity index (χ1n) is 7.22. The van der Waals surface area contributed by atoms with Gasteiger partial charge in [-0.05, 0) is 36.2 Å². The maximum absolute atomic E-state index is 6.16. The van der Waals surface area contributed by atoms with E-state index in [-0.39, 0.29) is 6.04 Å². The van der Waals surface area contributed by atoms with E-state index in [1.165, 1.54) is 5.56 Å². The molecule has 3 heteroatoms. The van der Waals surface area contributed by atoms with Crippen molar-refractivity contribution in [3.63, 3.8) is 0 Å². The van der Waals surface area contributed by atoms with Gasteiger partial charge in [0.05, 0.1) is 6.04 Å². The molecule has 0 amide bonds. The third-order valence-electron chi connectivity index (χ3n) is 3.55. The molecular weight excluding hydrogens is 262 g/mol. The van der Waals surface area contributed by atoms with Gasteiger partial charge in [-0.1, -0.05) is 37.3 Å². The number of furan rings is 1. The van der Waals surface area contributed by atoms with Gasteiger partial charge in [0.2, 0.25) is 0 Å². The molecule has 0 aliphatic carbocycles. The molecule has 0 spiro atoms. The van der Waals surface area contributed by atoms with E-state index in [1.807, 2.05) is 48.5 Å². The zero-order chi connectivity index (χ0) is 14.7. The van der Waals surface area contributed by atoms with Crippen LogP contribution in [0.15, 0.2) is 59.0 Å². The van der Waals surface area contributed by atoms with Crippen molar-refractivity contribution >= 4 is 11.0 Å². The molecule has 0 radical (unpaired) electrons. The molecule has 0 aliphatic rings. The predicted octanol–water partition coefficient (Wildman–Crippen LogP) is 4.07. The zero-order valence-corrected chi connectivity index (χ0v) is 12.1. The minimum atomic E-state index is -0.275. The van der Waals surface area contributed by atoms with Gasteiger partial charge in [0.25, 0.3) is 0 Å². The Morgan fingerprint density at radius 1 is 1.10 bits per heavy atom. The Bertz CT molecular complexity index is 700. The molecule has 2 N–H and O–H groups in total. The van der Waals surface area contributed by atoms with Crippen LogP contribution in [-0.2, 0) is 6.42 Å². The molecule has 0 saturated heterocycles. The van der Waals surface area contributed by atoms with Crippen LogP contribution in [0.4, 0.5) is 0 Å². The van der Waals surface area contributed by atoms with E-state index < -0.39 is 0 Å². The fourth-order valence-electron chi connectivity index (χ4n) is 2.31. The molecule has 3 rings (SSSR count). The van der Waals surface area contributed by atoms with E-state index in [9.17, 15) is 0 Å². The van der Waals surface area contributed by atoms with E-state index in [2.05, 4.69) is 13.0 Å². The quantitative estimate of drug-likeness (QED) is 0.766. The lowest BCUT2D eigenvalue weighted by Gasteiger charge is -2.11. The largest absolute Gasteiger partial charge is 0.491 e. The number of ether oxygens (including phenoxy) is 1. The van der Waals surface area contributed by atoms with Crippen LogP contribution in [0.2, 0.25) is 0 Å². The molecule has 0 aliphatic heterocycles. The van der Waals surface area contributed by atoms with E-state index in [1.54, 1.807) is 0 Å². The number of hydrogen-bond acceptors (Lipinski definition) is 3. The monoisotopic (exact) mass is 281 g/mol. The topological polar surface area (TPSA) is 48.4 Å². The molecule has 3 nitrogen and oxygen atoms in total.